The highest BCUT2D eigenvalue weighted by Gasteiger charge is 2.15. The number of carbonyl (C=O) groups excluding carboxylic acids is 1. The van der Waals surface area contributed by atoms with Gasteiger partial charge in [0, 0.05) is 22.0 Å². The fraction of sp³-hybridized carbons (Fsp3) is 0.0588. The minimum absolute atomic E-state index is 0.113. The molecule has 4 aromatic rings. The van der Waals surface area contributed by atoms with Crippen molar-refractivity contribution in [1.29, 1.82) is 0 Å². The van der Waals surface area contributed by atoms with Crippen LogP contribution in [0.3, 0.4) is 0 Å². The molecule has 4 aromatic heterocycles. The molecule has 0 aliphatic rings. The summed E-state index contributed by atoms with van der Waals surface area (Å²) in [5.41, 5.74) is 0.651. The van der Waals surface area contributed by atoms with E-state index in [9.17, 15) is 9.59 Å². The first-order valence-electron chi connectivity index (χ1n) is 7.44. The molecule has 0 spiro atoms. The Balaban J connectivity index is 1.66. The number of pyridine rings is 1. The SMILES string of the molecule is O=C(Cn1cnc2scc(-c3cccs3)c2c1=O)Nc1ccccn1. The van der Waals surface area contributed by atoms with Crippen LogP contribution >= 0.6 is 22.7 Å². The molecule has 0 atom stereocenters. The Morgan fingerprint density at radius 2 is 2.08 bits per heavy atom. The normalized spacial score (nSPS) is 10.9. The smallest absolute Gasteiger partial charge is 0.263 e. The monoisotopic (exact) mass is 368 g/mol. The number of hydrogen-bond acceptors (Lipinski definition) is 6. The van der Waals surface area contributed by atoms with Crippen LogP contribution in [-0.2, 0) is 11.3 Å². The number of aromatic nitrogens is 3. The minimum Gasteiger partial charge on any atom is -0.309 e. The van der Waals surface area contributed by atoms with Gasteiger partial charge in [0.25, 0.3) is 5.56 Å². The summed E-state index contributed by atoms with van der Waals surface area (Å²) in [7, 11) is 0. The van der Waals surface area contributed by atoms with Gasteiger partial charge in [0.15, 0.2) is 0 Å². The van der Waals surface area contributed by atoms with Crippen LogP contribution in [0.1, 0.15) is 0 Å². The van der Waals surface area contributed by atoms with Crippen LogP contribution in [0.5, 0.6) is 0 Å². The molecule has 0 fully saturated rings. The third kappa shape index (κ3) is 3.09. The number of hydrogen-bond donors (Lipinski definition) is 1. The molecule has 0 bridgehead atoms. The van der Waals surface area contributed by atoms with Gasteiger partial charge in [-0.1, -0.05) is 12.1 Å². The topological polar surface area (TPSA) is 76.9 Å². The second kappa shape index (κ2) is 6.58. The second-order valence-corrected chi connectivity index (χ2v) is 7.05. The van der Waals surface area contributed by atoms with E-state index in [0.29, 0.717) is 16.0 Å². The maximum atomic E-state index is 12.8. The van der Waals surface area contributed by atoms with Crippen molar-refractivity contribution < 1.29 is 4.79 Å². The zero-order chi connectivity index (χ0) is 17.2. The summed E-state index contributed by atoms with van der Waals surface area (Å²) in [6, 6.07) is 9.15. The molecule has 0 aromatic carbocycles. The van der Waals surface area contributed by atoms with Gasteiger partial charge < -0.3 is 5.32 Å². The lowest BCUT2D eigenvalue weighted by molar-refractivity contribution is -0.116. The predicted octanol–water partition coefficient (Wildman–Crippen LogP) is 3.22. The van der Waals surface area contributed by atoms with E-state index < -0.39 is 0 Å². The van der Waals surface area contributed by atoms with E-state index in [1.165, 1.54) is 22.2 Å². The first-order valence-corrected chi connectivity index (χ1v) is 9.20. The number of rotatable bonds is 4. The first kappa shape index (κ1) is 15.7. The number of anilines is 1. The number of nitrogens with zero attached hydrogens (tertiary/aromatic N) is 3. The number of carbonyl (C=O) groups is 1. The average Bonchev–Trinajstić information content (AvgIpc) is 3.27. The highest BCUT2D eigenvalue weighted by atomic mass is 32.1. The van der Waals surface area contributed by atoms with Crippen LogP contribution in [-0.4, -0.2) is 20.4 Å². The predicted molar refractivity (Wildman–Crippen MR) is 100 cm³/mol. The van der Waals surface area contributed by atoms with Crippen LogP contribution < -0.4 is 10.9 Å². The summed E-state index contributed by atoms with van der Waals surface area (Å²) in [4.78, 5) is 35.1. The zero-order valence-electron chi connectivity index (χ0n) is 12.9. The van der Waals surface area contributed by atoms with Crippen molar-refractivity contribution in [3.05, 3.63) is 64.0 Å². The van der Waals surface area contributed by atoms with Crippen molar-refractivity contribution in [2.45, 2.75) is 6.54 Å². The molecule has 0 unspecified atom stereocenters. The van der Waals surface area contributed by atoms with Crippen molar-refractivity contribution in [1.82, 2.24) is 14.5 Å². The molecule has 25 heavy (non-hydrogen) atoms. The zero-order valence-corrected chi connectivity index (χ0v) is 14.5. The van der Waals surface area contributed by atoms with E-state index in [1.807, 2.05) is 22.9 Å². The highest BCUT2D eigenvalue weighted by molar-refractivity contribution is 7.18. The third-order valence-corrected chi connectivity index (χ3v) is 5.38. The van der Waals surface area contributed by atoms with Gasteiger partial charge >= 0.3 is 0 Å². The summed E-state index contributed by atoms with van der Waals surface area (Å²) in [6.45, 7) is -0.113. The molecule has 4 rings (SSSR count). The van der Waals surface area contributed by atoms with Crippen molar-refractivity contribution in [3.8, 4) is 10.4 Å². The molecule has 8 heteroatoms. The Morgan fingerprint density at radius 1 is 1.16 bits per heavy atom. The standard InChI is InChI=1S/C17H12N4O2S2/c22-14(20-13-5-1-2-6-18-13)8-21-10-19-16-15(17(21)23)11(9-25-16)12-4-3-7-24-12/h1-7,9-10H,8H2,(H,18,20,22). The summed E-state index contributed by atoms with van der Waals surface area (Å²) in [5, 5.41) is 7.12. The summed E-state index contributed by atoms with van der Waals surface area (Å²) in [5.74, 6) is 0.124. The Kier molecular flexibility index (Phi) is 4.12. The summed E-state index contributed by atoms with van der Waals surface area (Å²) < 4.78 is 1.32. The van der Waals surface area contributed by atoms with E-state index in [-0.39, 0.29) is 18.0 Å². The molecule has 6 nitrogen and oxygen atoms in total. The molecule has 4 heterocycles. The first-order chi connectivity index (χ1) is 12.2. The fourth-order valence-corrected chi connectivity index (χ4v) is 4.19. The third-order valence-electron chi connectivity index (χ3n) is 3.59. The van der Waals surface area contributed by atoms with Gasteiger partial charge in [0.1, 0.15) is 17.2 Å². The lowest BCUT2D eigenvalue weighted by Crippen LogP contribution is -2.28. The molecule has 0 radical (unpaired) electrons. The van der Waals surface area contributed by atoms with E-state index >= 15 is 0 Å². The molecule has 1 N–H and O–H groups in total. The lowest BCUT2D eigenvalue weighted by Gasteiger charge is -2.07. The fourth-order valence-electron chi connectivity index (χ4n) is 2.47. The quantitative estimate of drug-likeness (QED) is 0.600. The van der Waals surface area contributed by atoms with Crippen molar-refractivity contribution in [2.75, 3.05) is 5.32 Å². The van der Waals surface area contributed by atoms with Crippen LogP contribution in [0.2, 0.25) is 0 Å². The van der Waals surface area contributed by atoms with Gasteiger partial charge in [-0.3, -0.25) is 14.2 Å². The molecule has 0 saturated heterocycles. The van der Waals surface area contributed by atoms with Crippen molar-refractivity contribution >= 4 is 44.6 Å². The average molecular weight is 368 g/mol. The Hall–Kier alpha value is -2.84. The molecular weight excluding hydrogens is 356 g/mol. The molecule has 1 amide bonds. The van der Waals surface area contributed by atoms with Gasteiger partial charge in [-0.05, 0) is 23.6 Å². The maximum absolute atomic E-state index is 12.8. The minimum atomic E-state index is -0.324. The molecular formula is C17H12N4O2S2. The maximum Gasteiger partial charge on any atom is 0.263 e. The second-order valence-electron chi connectivity index (χ2n) is 5.25. The molecule has 0 saturated carbocycles. The van der Waals surface area contributed by atoms with E-state index in [4.69, 9.17) is 0 Å². The number of nitrogens with one attached hydrogen (secondary N) is 1. The van der Waals surface area contributed by atoms with Crippen LogP contribution in [0.4, 0.5) is 5.82 Å². The Bertz CT molecular complexity index is 1080. The summed E-state index contributed by atoms with van der Waals surface area (Å²) >= 11 is 3.00. The van der Waals surface area contributed by atoms with Crippen LogP contribution in [0.15, 0.2) is 58.4 Å². The van der Waals surface area contributed by atoms with Crippen molar-refractivity contribution in [2.24, 2.45) is 0 Å². The number of thiophene rings is 2. The largest absolute Gasteiger partial charge is 0.309 e. The Morgan fingerprint density at radius 3 is 2.84 bits per heavy atom. The molecule has 0 aliphatic heterocycles. The molecule has 124 valence electrons. The highest BCUT2D eigenvalue weighted by Crippen LogP contribution is 2.33. The Labute approximate surface area is 150 Å². The van der Waals surface area contributed by atoms with Crippen LogP contribution in [0.25, 0.3) is 20.7 Å². The van der Waals surface area contributed by atoms with Gasteiger partial charge in [-0.15, -0.1) is 22.7 Å². The van der Waals surface area contributed by atoms with E-state index in [0.717, 1.165) is 10.4 Å². The van der Waals surface area contributed by atoms with Gasteiger partial charge in [0.2, 0.25) is 5.91 Å². The van der Waals surface area contributed by atoms with Gasteiger partial charge in [0.05, 0.1) is 11.7 Å². The van der Waals surface area contributed by atoms with Gasteiger partial charge in [-0.2, -0.15) is 0 Å². The van der Waals surface area contributed by atoms with E-state index in [2.05, 4.69) is 15.3 Å². The summed E-state index contributed by atoms with van der Waals surface area (Å²) in [6.07, 6.45) is 3.01. The van der Waals surface area contributed by atoms with Gasteiger partial charge in [-0.25, -0.2) is 9.97 Å². The van der Waals surface area contributed by atoms with Crippen LogP contribution in [0, 0.1) is 0 Å². The van der Waals surface area contributed by atoms with E-state index in [1.54, 1.807) is 35.7 Å². The number of fused-ring (bicyclic) bond motifs is 1. The number of amides is 1. The van der Waals surface area contributed by atoms with Crippen molar-refractivity contribution in [3.63, 3.8) is 0 Å². The lowest BCUT2D eigenvalue weighted by atomic mass is 10.2. The molecule has 0 aliphatic carbocycles.